The summed E-state index contributed by atoms with van der Waals surface area (Å²) in [6.07, 6.45) is 0.398. The van der Waals surface area contributed by atoms with Gasteiger partial charge in [-0.2, -0.15) is 0 Å². The van der Waals surface area contributed by atoms with Crippen LogP contribution in [-0.2, 0) is 6.42 Å². The lowest BCUT2D eigenvalue weighted by molar-refractivity contribution is -0.385. The first-order chi connectivity index (χ1) is 7.83. The third kappa shape index (κ3) is 3.99. The number of aliphatic hydroxyl groups is 1. The first-order valence-corrected chi connectivity index (χ1v) is 5.01. The summed E-state index contributed by atoms with van der Waals surface area (Å²) >= 11 is 0. The van der Waals surface area contributed by atoms with Crippen LogP contribution in [0.2, 0.25) is 0 Å². The average molecular weight is 241 g/mol. The molecule has 0 aromatic heterocycles. The van der Waals surface area contributed by atoms with Gasteiger partial charge in [0.2, 0.25) is 0 Å². The van der Waals surface area contributed by atoms with E-state index in [0.29, 0.717) is 18.5 Å². The normalized spacial score (nSPS) is 14.1. The lowest BCUT2D eigenvalue weighted by atomic mass is 10.1. The Morgan fingerprint density at radius 2 is 2.24 bits per heavy atom. The average Bonchev–Trinajstić information content (AvgIpc) is 2.18. The van der Waals surface area contributed by atoms with Gasteiger partial charge in [0.25, 0.3) is 11.6 Å². The Hall–Kier alpha value is -1.70. The van der Waals surface area contributed by atoms with Gasteiger partial charge in [-0.15, -0.1) is 0 Å². The van der Waals surface area contributed by atoms with Gasteiger partial charge in [0.15, 0.2) is 0 Å². The highest BCUT2D eigenvalue weighted by Gasteiger charge is 2.19. The summed E-state index contributed by atoms with van der Waals surface area (Å²) in [7, 11) is 0. The van der Waals surface area contributed by atoms with Crippen molar-refractivity contribution >= 4 is 5.69 Å². The highest BCUT2D eigenvalue weighted by atomic mass is 16.6. The highest BCUT2D eigenvalue weighted by molar-refractivity contribution is 5.46. The highest BCUT2D eigenvalue weighted by Crippen LogP contribution is 2.26. The summed E-state index contributed by atoms with van der Waals surface area (Å²) < 4.78 is 4.92. The number of nitro benzene ring substituents is 1. The SMILES string of the molecule is CC(N)(O)Oc1ccc(CCN)c([N+](=O)[O-])c1. The van der Waals surface area contributed by atoms with Crippen molar-refractivity contribution < 1.29 is 14.8 Å². The molecule has 0 aliphatic carbocycles. The number of hydrogen-bond acceptors (Lipinski definition) is 6. The zero-order valence-electron chi connectivity index (χ0n) is 9.42. The van der Waals surface area contributed by atoms with Crippen molar-refractivity contribution in [1.82, 2.24) is 0 Å². The fraction of sp³-hybridized carbons (Fsp3) is 0.400. The Balaban J connectivity index is 3.05. The van der Waals surface area contributed by atoms with Gasteiger partial charge in [0.05, 0.1) is 11.0 Å². The molecule has 0 saturated carbocycles. The molecule has 7 nitrogen and oxygen atoms in total. The van der Waals surface area contributed by atoms with E-state index >= 15 is 0 Å². The van der Waals surface area contributed by atoms with Crippen LogP contribution < -0.4 is 16.2 Å². The van der Waals surface area contributed by atoms with Crippen LogP contribution in [0.15, 0.2) is 18.2 Å². The van der Waals surface area contributed by atoms with E-state index < -0.39 is 10.8 Å². The summed E-state index contributed by atoms with van der Waals surface area (Å²) in [6.45, 7) is 1.54. The number of benzene rings is 1. The zero-order valence-corrected chi connectivity index (χ0v) is 9.42. The molecule has 7 heteroatoms. The molecule has 0 saturated heterocycles. The van der Waals surface area contributed by atoms with Crippen LogP contribution in [0, 0.1) is 10.1 Å². The summed E-state index contributed by atoms with van der Waals surface area (Å²) in [5.74, 6) is -1.74. The molecule has 0 heterocycles. The predicted octanol–water partition coefficient (Wildman–Crippen LogP) is 0.0995. The molecule has 1 aromatic carbocycles. The van der Waals surface area contributed by atoms with E-state index in [1.165, 1.54) is 25.1 Å². The standard InChI is InChI=1S/C10H15N3O4/c1-10(12,14)17-8-3-2-7(4-5-11)9(6-8)13(15)16/h2-3,6,14H,4-5,11-12H2,1H3. The lowest BCUT2D eigenvalue weighted by Gasteiger charge is -2.19. The molecule has 1 rings (SSSR count). The van der Waals surface area contributed by atoms with Crippen molar-refractivity contribution in [3.05, 3.63) is 33.9 Å². The molecule has 94 valence electrons. The minimum Gasteiger partial charge on any atom is -0.449 e. The number of nitrogens with zero attached hydrogens (tertiary/aromatic N) is 1. The largest absolute Gasteiger partial charge is 0.449 e. The molecule has 1 unspecified atom stereocenters. The maximum Gasteiger partial charge on any atom is 0.276 e. The van der Waals surface area contributed by atoms with E-state index in [-0.39, 0.29) is 11.4 Å². The lowest BCUT2D eigenvalue weighted by Crippen LogP contribution is -2.42. The molecule has 0 spiro atoms. The number of nitrogens with two attached hydrogens (primary N) is 2. The summed E-state index contributed by atoms with van der Waals surface area (Å²) in [5, 5.41) is 20.1. The van der Waals surface area contributed by atoms with Gasteiger partial charge in [0.1, 0.15) is 5.75 Å². The van der Waals surface area contributed by atoms with Crippen LogP contribution in [0.1, 0.15) is 12.5 Å². The van der Waals surface area contributed by atoms with Crippen LogP contribution in [-0.4, -0.2) is 22.5 Å². The molecule has 17 heavy (non-hydrogen) atoms. The molecular formula is C10H15N3O4. The smallest absolute Gasteiger partial charge is 0.276 e. The van der Waals surface area contributed by atoms with Gasteiger partial charge >= 0.3 is 0 Å². The predicted molar refractivity (Wildman–Crippen MR) is 61.3 cm³/mol. The molecule has 0 amide bonds. The second-order valence-corrected chi connectivity index (χ2v) is 3.74. The minimum absolute atomic E-state index is 0.0998. The monoisotopic (exact) mass is 241 g/mol. The van der Waals surface area contributed by atoms with Crippen LogP contribution in [0.3, 0.4) is 0 Å². The van der Waals surface area contributed by atoms with E-state index in [9.17, 15) is 15.2 Å². The second kappa shape index (κ2) is 5.09. The van der Waals surface area contributed by atoms with Crippen molar-refractivity contribution in [2.45, 2.75) is 19.3 Å². The maximum atomic E-state index is 10.8. The third-order valence-corrected chi connectivity index (χ3v) is 1.99. The fourth-order valence-corrected chi connectivity index (χ4v) is 1.38. The van der Waals surface area contributed by atoms with Crippen LogP contribution in [0.25, 0.3) is 0 Å². The summed E-state index contributed by atoms with van der Waals surface area (Å²) in [4.78, 5) is 10.3. The maximum absolute atomic E-state index is 10.8. The van der Waals surface area contributed by atoms with Gasteiger partial charge in [0, 0.05) is 12.5 Å². The van der Waals surface area contributed by atoms with Gasteiger partial charge < -0.3 is 15.6 Å². The molecule has 1 atom stereocenters. The quantitative estimate of drug-likeness (QED) is 0.381. The Morgan fingerprint density at radius 3 is 2.71 bits per heavy atom. The summed E-state index contributed by atoms with van der Waals surface area (Å²) in [5.41, 5.74) is 11.0. The van der Waals surface area contributed by atoms with Crippen molar-refractivity contribution in [1.29, 1.82) is 0 Å². The van der Waals surface area contributed by atoms with E-state index in [1.54, 1.807) is 0 Å². The molecule has 0 fully saturated rings. The molecule has 0 radical (unpaired) electrons. The molecular weight excluding hydrogens is 226 g/mol. The number of ether oxygens (including phenoxy) is 1. The first-order valence-electron chi connectivity index (χ1n) is 5.01. The van der Waals surface area contributed by atoms with E-state index in [2.05, 4.69) is 0 Å². The Bertz CT molecular complexity index is 415. The van der Waals surface area contributed by atoms with Crippen molar-refractivity contribution in [3.63, 3.8) is 0 Å². The van der Waals surface area contributed by atoms with Gasteiger partial charge in [-0.3, -0.25) is 15.8 Å². The second-order valence-electron chi connectivity index (χ2n) is 3.74. The van der Waals surface area contributed by atoms with E-state index in [4.69, 9.17) is 16.2 Å². The Kier molecular flexibility index (Phi) is 4.00. The number of rotatable bonds is 5. The number of hydrogen-bond donors (Lipinski definition) is 3. The minimum atomic E-state index is -1.87. The molecule has 1 aromatic rings. The van der Waals surface area contributed by atoms with Gasteiger partial charge in [-0.1, -0.05) is 0 Å². The van der Waals surface area contributed by atoms with Crippen molar-refractivity contribution in [3.8, 4) is 5.75 Å². The van der Waals surface area contributed by atoms with Crippen LogP contribution in [0.4, 0.5) is 5.69 Å². The Labute approximate surface area is 98.1 Å². The first kappa shape index (κ1) is 13.4. The molecule has 5 N–H and O–H groups in total. The molecule has 0 aliphatic rings. The zero-order chi connectivity index (χ0) is 13.1. The Morgan fingerprint density at radius 1 is 1.59 bits per heavy atom. The van der Waals surface area contributed by atoms with Gasteiger partial charge in [-0.05, 0) is 25.1 Å². The van der Waals surface area contributed by atoms with Crippen molar-refractivity contribution in [2.75, 3.05) is 6.54 Å². The van der Waals surface area contributed by atoms with Gasteiger partial charge in [-0.25, -0.2) is 0 Å². The third-order valence-electron chi connectivity index (χ3n) is 1.99. The molecule has 0 aliphatic heterocycles. The molecule has 0 bridgehead atoms. The van der Waals surface area contributed by atoms with Crippen LogP contribution >= 0.6 is 0 Å². The topological polar surface area (TPSA) is 125 Å². The van der Waals surface area contributed by atoms with E-state index in [1.807, 2.05) is 0 Å². The van der Waals surface area contributed by atoms with Crippen molar-refractivity contribution in [2.24, 2.45) is 11.5 Å². The fourth-order valence-electron chi connectivity index (χ4n) is 1.38. The number of nitro groups is 1. The summed E-state index contributed by atoms with van der Waals surface area (Å²) in [6, 6.07) is 4.25. The van der Waals surface area contributed by atoms with Crippen LogP contribution in [0.5, 0.6) is 5.75 Å². The van der Waals surface area contributed by atoms with E-state index in [0.717, 1.165) is 0 Å².